The van der Waals surface area contributed by atoms with E-state index in [1.807, 2.05) is 6.07 Å². The van der Waals surface area contributed by atoms with E-state index in [4.69, 9.17) is 16.9 Å². The Morgan fingerprint density at radius 2 is 2.04 bits per heavy atom. The molecule has 0 heterocycles. The van der Waals surface area contributed by atoms with Crippen molar-refractivity contribution in [3.8, 4) is 6.07 Å². The number of nitro groups is 1. The van der Waals surface area contributed by atoms with Crippen molar-refractivity contribution in [2.45, 2.75) is 0 Å². The maximum absolute atomic E-state index is 11.9. The normalized spacial score (nSPS) is 10.3. The van der Waals surface area contributed by atoms with Gasteiger partial charge >= 0.3 is 0 Å². The van der Waals surface area contributed by atoms with Crippen LogP contribution in [0.15, 0.2) is 48.5 Å². The summed E-state index contributed by atoms with van der Waals surface area (Å²) in [5.41, 5.74) is 0.969. The lowest BCUT2D eigenvalue weighted by molar-refractivity contribution is -0.384. The number of halogens is 1. The number of hydrogen-bond donors (Lipinski definition) is 1. The van der Waals surface area contributed by atoms with Crippen LogP contribution >= 0.6 is 11.6 Å². The van der Waals surface area contributed by atoms with Crippen LogP contribution in [0.4, 0.5) is 11.4 Å². The number of anilines is 1. The first-order chi connectivity index (χ1) is 11.0. The zero-order chi connectivity index (χ0) is 16.8. The minimum Gasteiger partial charge on any atom is -0.321 e. The number of nitrogens with zero attached hydrogens (tertiary/aromatic N) is 2. The van der Waals surface area contributed by atoms with Crippen molar-refractivity contribution in [3.05, 3.63) is 74.8 Å². The second kappa shape index (κ2) is 7.20. The van der Waals surface area contributed by atoms with E-state index in [1.165, 1.54) is 24.3 Å². The van der Waals surface area contributed by atoms with Gasteiger partial charge in [-0.05, 0) is 29.8 Å². The quantitative estimate of drug-likeness (QED) is 0.525. The van der Waals surface area contributed by atoms with Gasteiger partial charge in [-0.3, -0.25) is 14.9 Å². The van der Waals surface area contributed by atoms with Crippen LogP contribution in [0.3, 0.4) is 0 Å². The number of carbonyl (C=O) groups is 1. The molecule has 0 spiro atoms. The van der Waals surface area contributed by atoms with Crippen molar-refractivity contribution in [2.24, 2.45) is 0 Å². The number of benzene rings is 2. The lowest BCUT2D eigenvalue weighted by Gasteiger charge is -2.03. The van der Waals surface area contributed by atoms with Gasteiger partial charge in [0.2, 0.25) is 5.91 Å². The summed E-state index contributed by atoms with van der Waals surface area (Å²) in [6.45, 7) is 0. The van der Waals surface area contributed by atoms with Crippen molar-refractivity contribution in [2.75, 3.05) is 5.32 Å². The molecule has 114 valence electrons. The number of rotatable bonds is 4. The zero-order valence-corrected chi connectivity index (χ0v) is 12.4. The number of amides is 1. The third-order valence-electron chi connectivity index (χ3n) is 2.90. The summed E-state index contributed by atoms with van der Waals surface area (Å²) in [4.78, 5) is 22.1. The number of hydrogen-bond acceptors (Lipinski definition) is 4. The van der Waals surface area contributed by atoms with Crippen LogP contribution in [0.5, 0.6) is 0 Å². The molecule has 0 aliphatic heterocycles. The summed E-state index contributed by atoms with van der Waals surface area (Å²) in [6.07, 6.45) is 2.65. The van der Waals surface area contributed by atoms with Gasteiger partial charge < -0.3 is 5.32 Å². The highest BCUT2D eigenvalue weighted by atomic mass is 35.5. The van der Waals surface area contributed by atoms with Crippen LogP contribution in [-0.2, 0) is 4.79 Å². The fourth-order valence-electron chi connectivity index (χ4n) is 1.81. The molecule has 23 heavy (non-hydrogen) atoms. The summed E-state index contributed by atoms with van der Waals surface area (Å²) >= 11 is 5.72. The SMILES string of the molecule is N#Cc1ccccc1NC(=O)/C=C/c1ccc(Cl)c([N+](=O)[O-])c1. The lowest BCUT2D eigenvalue weighted by atomic mass is 10.1. The number of nitro benzene ring substituents is 1. The number of nitrogens with one attached hydrogen (secondary N) is 1. The van der Waals surface area contributed by atoms with Gasteiger partial charge in [0, 0.05) is 12.1 Å². The number of carbonyl (C=O) groups excluding carboxylic acids is 1. The summed E-state index contributed by atoms with van der Waals surface area (Å²) in [5.74, 6) is -0.453. The van der Waals surface area contributed by atoms with Crippen LogP contribution in [0.2, 0.25) is 5.02 Å². The summed E-state index contributed by atoms with van der Waals surface area (Å²) in [7, 11) is 0. The third kappa shape index (κ3) is 4.15. The minimum atomic E-state index is -0.594. The van der Waals surface area contributed by atoms with E-state index in [2.05, 4.69) is 5.32 Å². The van der Waals surface area contributed by atoms with Gasteiger partial charge in [0.25, 0.3) is 5.69 Å². The van der Waals surface area contributed by atoms with E-state index in [0.29, 0.717) is 16.8 Å². The van der Waals surface area contributed by atoms with E-state index < -0.39 is 10.8 Å². The highest BCUT2D eigenvalue weighted by molar-refractivity contribution is 6.32. The molecule has 2 aromatic rings. The zero-order valence-electron chi connectivity index (χ0n) is 11.7. The Morgan fingerprint density at radius 3 is 2.74 bits per heavy atom. The van der Waals surface area contributed by atoms with Crippen LogP contribution in [0, 0.1) is 21.4 Å². The fourth-order valence-corrected chi connectivity index (χ4v) is 2.00. The molecule has 1 N–H and O–H groups in total. The van der Waals surface area contributed by atoms with Crippen molar-refractivity contribution in [3.63, 3.8) is 0 Å². The predicted octanol–water partition coefficient (Wildman–Crippen LogP) is 3.77. The first-order valence-corrected chi connectivity index (χ1v) is 6.81. The van der Waals surface area contributed by atoms with E-state index in [-0.39, 0.29) is 10.7 Å². The molecule has 0 radical (unpaired) electrons. The van der Waals surface area contributed by atoms with Gasteiger partial charge in [0.05, 0.1) is 16.2 Å². The maximum Gasteiger partial charge on any atom is 0.288 e. The van der Waals surface area contributed by atoms with Gasteiger partial charge in [-0.15, -0.1) is 0 Å². The average molecular weight is 328 g/mol. The van der Waals surface area contributed by atoms with E-state index >= 15 is 0 Å². The van der Waals surface area contributed by atoms with Crippen LogP contribution in [0.1, 0.15) is 11.1 Å². The molecule has 0 fully saturated rings. The highest BCUT2D eigenvalue weighted by Crippen LogP contribution is 2.25. The monoisotopic (exact) mass is 327 g/mol. The van der Waals surface area contributed by atoms with Gasteiger partial charge in [0.15, 0.2) is 0 Å². The molecule has 0 bridgehead atoms. The van der Waals surface area contributed by atoms with Crippen LogP contribution in [-0.4, -0.2) is 10.8 Å². The topological polar surface area (TPSA) is 96.0 Å². The molecule has 0 aliphatic carbocycles. The molecule has 6 nitrogen and oxygen atoms in total. The Balaban J connectivity index is 2.14. The maximum atomic E-state index is 11.9. The molecular weight excluding hydrogens is 318 g/mol. The molecule has 0 saturated carbocycles. The summed E-state index contributed by atoms with van der Waals surface area (Å²) < 4.78 is 0. The smallest absolute Gasteiger partial charge is 0.288 e. The van der Waals surface area contributed by atoms with E-state index in [9.17, 15) is 14.9 Å². The van der Waals surface area contributed by atoms with Gasteiger partial charge in [-0.2, -0.15) is 5.26 Å². The molecule has 0 unspecified atom stereocenters. The Morgan fingerprint density at radius 1 is 1.30 bits per heavy atom. The molecule has 0 saturated heterocycles. The van der Waals surface area contributed by atoms with E-state index in [0.717, 1.165) is 0 Å². The molecule has 7 heteroatoms. The Kier molecular flexibility index (Phi) is 5.07. The minimum absolute atomic E-state index is 0.0274. The molecule has 2 aromatic carbocycles. The van der Waals surface area contributed by atoms with Crippen LogP contribution in [0.25, 0.3) is 6.08 Å². The standard InChI is InChI=1S/C16H10ClN3O3/c17-13-7-5-11(9-15(13)20(22)23)6-8-16(21)19-14-4-2-1-3-12(14)10-18/h1-9H,(H,19,21)/b8-6+. The largest absolute Gasteiger partial charge is 0.321 e. The van der Waals surface area contributed by atoms with Gasteiger partial charge in [-0.25, -0.2) is 0 Å². The van der Waals surface area contributed by atoms with Crippen molar-refractivity contribution in [1.82, 2.24) is 0 Å². The molecule has 0 aromatic heterocycles. The molecule has 1 amide bonds. The predicted molar refractivity (Wildman–Crippen MR) is 86.9 cm³/mol. The van der Waals surface area contributed by atoms with Gasteiger partial charge in [-0.1, -0.05) is 29.8 Å². The van der Waals surface area contributed by atoms with Crippen LogP contribution < -0.4 is 5.32 Å². The second-order valence-corrected chi connectivity index (χ2v) is 4.86. The van der Waals surface area contributed by atoms with Crippen molar-refractivity contribution >= 4 is 35.0 Å². The summed E-state index contributed by atoms with van der Waals surface area (Å²) in [5, 5.41) is 22.4. The van der Waals surface area contributed by atoms with Crippen molar-refractivity contribution in [1.29, 1.82) is 5.26 Å². The average Bonchev–Trinajstić information content (AvgIpc) is 2.54. The first-order valence-electron chi connectivity index (χ1n) is 6.43. The highest BCUT2D eigenvalue weighted by Gasteiger charge is 2.11. The van der Waals surface area contributed by atoms with Gasteiger partial charge in [0.1, 0.15) is 11.1 Å². The Labute approximate surface area is 136 Å². The third-order valence-corrected chi connectivity index (χ3v) is 3.22. The molecule has 2 rings (SSSR count). The fraction of sp³-hybridized carbons (Fsp3) is 0. The lowest BCUT2D eigenvalue weighted by Crippen LogP contribution is -2.08. The summed E-state index contributed by atoms with van der Waals surface area (Å²) in [6, 6.07) is 12.8. The second-order valence-electron chi connectivity index (χ2n) is 4.45. The molecule has 0 atom stereocenters. The van der Waals surface area contributed by atoms with Crippen molar-refractivity contribution < 1.29 is 9.72 Å². The molecular formula is C16H10ClN3O3. The number of nitriles is 1. The Hall–Kier alpha value is -3.17. The van der Waals surface area contributed by atoms with E-state index in [1.54, 1.807) is 30.3 Å². The first kappa shape index (κ1) is 16.2. The number of para-hydroxylation sites is 1. The Bertz CT molecular complexity index is 841. The molecule has 0 aliphatic rings.